The van der Waals surface area contributed by atoms with Gasteiger partial charge in [0.1, 0.15) is 0 Å². The van der Waals surface area contributed by atoms with Crippen LogP contribution in [0.1, 0.15) is 31.7 Å². The molecule has 18 heavy (non-hydrogen) atoms. The van der Waals surface area contributed by atoms with E-state index in [1.54, 1.807) is 11.3 Å². The topological polar surface area (TPSA) is 46.3 Å². The van der Waals surface area contributed by atoms with Crippen LogP contribution in [0.4, 0.5) is 0 Å². The van der Waals surface area contributed by atoms with E-state index in [2.05, 4.69) is 12.3 Å². The van der Waals surface area contributed by atoms with E-state index < -0.39 is 0 Å². The van der Waals surface area contributed by atoms with Crippen LogP contribution in [0.2, 0.25) is 0 Å². The second-order valence-corrected chi connectivity index (χ2v) is 6.08. The van der Waals surface area contributed by atoms with E-state index in [4.69, 9.17) is 5.73 Å². The quantitative estimate of drug-likeness (QED) is 0.929. The molecule has 1 aliphatic heterocycles. The van der Waals surface area contributed by atoms with Crippen LogP contribution in [0.25, 0.3) is 0 Å². The van der Waals surface area contributed by atoms with Gasteiger partial charge in [0.25, 0.3) is 0 Å². The molecule has 0 aromatic carbocycles. The number of carbonyl (C=O) groups excluding carboxylic acids is 1. The normalized spacial score (nSPS) is 24.7. The lowest BCUT2D eigenvalue weighted by molar-refractivity contribution is -0.131. The first-order valence-electron chi connectivity index (χ1n) is 6.07. The number of nitrogens with two attached hydrogens (primary N) is 1. The Morgan fingerprint density at radius 3 is 2.89 bits per heavy atom. The zero-order valence-corrected chi connectivity index (χ0v) is 12.5. The molecular weight excluding hydrogens is 268 g/mol. The summed E-state index contributed by atoms with van der Waals surface area (Å²) in [7, 11) is 0. The van der Waals surface area contributed by atoms with Crippen LogP contribution in [0.5, 0.6) is 0 Å². The Morgan fingerprint density at radius 2 is 2.39 bits per heavy atom. The Kier molecular flexibility index (Phi) is 5.20. The zero-order valence-electron chi connectivity index (χ0n) is 10.9. The van der Waals surface area contributed by atoms with Crippen LogP contribution < -0.4 is 5.73 Å². The number of rotatable bonds is 3. The van der Waals surface area contributed by atoms with E-state index in [0.717, 1.165) is 25.1 Å². The number of hydrogen-bond acceptors (Lipinski definition) is 3. The third-order valence-electron chi connectivity index (χ3n) is 3.78. The van der Waals surface area contributed by atoms with Gasteiger partial charge < -0.3 is 10.6 Å². The van der Waals surface area contributed by atoms with Crippen LogP contribution in [0.15, 0.2) is 16.8 Å². The summed E-state index contributed by atoms with van der Waals surface area (Å²) in [6.45, 7) is 6.46. The van der Waals surface area contributed by atoms with Crippen LogP contribution in [0, 0.1) is 5.41 Å². The molecule has 102 valence electrons. The van der Waals surface area contributed by atoms with Gasteiger partial charge in [0.2, 0.25) is 5.91 Å². The summed E-state index contributed by atoms with van der Waals surface area (Å²) in [6, 6.07) is 2.03. The molecule has 1 saturated heterocycles. The number of likely N-dealkylation sites (tertiary alicyclic amines) is 1. The van der Waals surface area contributed by atoms with Gasteiger partial charge in [-0.3, -0.25) is 4.79 Å². The maximum atomic E-state index is 12.3. The van der Waals surface area contributed by atoms with E-state index in [1.165, 1.54) is 0 Å². The third kappa shape index (κ3) is 3.05. The van der Waals surface area contributed by atoms with E-state index in [9.17, 15) is 4.79 Å². The van der Waals surface area contributed by atoms with Gasteiger partial charge in [0.05, 0.1) is 5.92 Å². The minimum Gasteiger partial charge on any atom is -0.342 e. The first kappa shape index (κ1) is 15.5. The molecule has 2 heterocycles. The number of carbonyl (C=O) groups is 1. The maximum Gasteiger partial charge on any atom is 0.229 e. The minimum atomic E-state index is -0.0265. The Labute approximate surface area is 119 Å². The van der Waals surface area contributed by atoms with E-state index in [1.807, 2.05) is 23.3 Å². The van der Waals surface area contributed by atoms with Crippen molar-refractivity contribution in [2.45, 2.75) is 26.2 Å². The van der Waals surface area contributed by atoms with Crippen molar-refractivity contribution in [1.82, 2.24) is 4.90 Å². The first-order valence-corrected chi connectivity index (χ1v) is 7.01. The van der Waals surface area contributed by atoms with Crippen molar-refractivity contribution >= 4 is 29.7 Å². The molecular formula is C13H21ClN2OS. The molecule has 0 saturated carbocycles. The predicted molar refractivity (Wildman–Crippen MR) is 78.3 cm³/mol. The molecule has 2 atom stereocenters. The molecule has 1 aliphatic rings. The molecule has 2 rings (SSSR count). The van der Waals surface area contributed by atoms with Crippen molar-refractivity contribution < 1.29 is 4.79 Å². The molecule has 2 unspecified atom stereocenters. The molecule has 5 heteroatoms. The average Bonchev–Trinajstić information content (AvgIpc) is 2.97. The molecule has 1 aromatic heterocycles. The largest absolute Gasteiger partial charge is 0.342 e. The fraction of sp³-hybridized carbons (Fsp3) is 0.615. The van der Waals surface area contributed by atoms with Crippen molar-refractivity contribution in [2.24, 2.45) is 11.1 Å². The van der Waals surface area contributed by atoms with Crippen molar-refractivity contribution in [1.29, 1.82) is 0 Å². The summed E-state index contributed by atoms with van der Waals surface area (Å²) in [5.41, 5.74) is 7.01. The lowest BCUT2D eigenvalue weighted by Gasteiger charge is -2.24. The minimum absolute atomic E-state index is 0. The first-order chi connectivity index (χ1) is 8.06. The number of amides is 1. The molecule has 0 aliphatic carbocycles. The van der Waals surface area contributed by atoms with Gasteiger partial charge in [0, 0.05) is 13.1 Å². The average molecular weight is 289 g/mol. The van der Waals surface area contributed by atoms with Crippen molar-refractivity contribution in [3.8, 4) is 0 Å². The molecule has 1 amide bonds. The zero-order chi connectivity index (χ0) is 12.5. The van der Waals surface area contributed by atoms with E-state index >= 15 is 0 Å². The number of nitrogens with zero attached hydrogens (tertiary/aromatic N) is 1. The predicted octanol–water partition coefficient (Wildman–Crippen LogP) is 2.47. The monoisotopic (exact) mass is 288 g/mol. The van der Waals surface area contributed by atoms with Gasteiger partial charge in [-0.15, -0.1) is 12.4 Å². The summed E-state index contributed by atoms with van der Waals surface area (Å²) in [4.78, 5) is 14.3. The van der Waals surface area contributed by atoms with Gasteiger partial charge in [-0.1, -0.05) is 6.92 Å². The summed E-state index contributed by atoms with van der Waals surface area (Å²) in [5.74, 6) is 0.210. The summed E-state index contributed by atoms with van der Waals surface area (Å²) >= 11 is 1.64. The molecule has 1 aromatic rings. The van der Waals surface area contributed by atoms with E-state index in [-0.39, 0.29) is 29.6 Å². The van der Waals surface area contributed by atoms with E-state index in [0.29, 0.717) is 6.54 Å². The molecule has 3 nitrogen and oxygen atoms in total. The highest BCUT2D eigenvalue weighted by Crippen LogP contribution is 2.31. The van der Waals surface area contributed by atoms with Crippen LogP contribution in [-0.2, 0) is 4.79 Å². The number of hydrogen-bond donors (Lipinski definition) is 1. The van der Waals surface area contributed by atoms with Gasteiger partial charge in [-0.25, -0.2) is 0 Å². The molecule has 1 fully saturated rings. The summed E-state index contributed by atoms with van der Waals surface area (Å²) < 4.78 is 0. The fourth-order valence-corrected chi connectivity index (χ4v) is 3.07. The Bertz CT molecular complexity index is 396. The maximum absolute atomic E-state index is 12.3. The number of thiophene rings is 1. The Hall–Kier alpha value is -0.580. The van der Waals surface area contributed by atoms with Gasteiger partial charge >= 0.3 is 0 Å². The van der Waals surface area contributed by atoms with Gasteiger partial charge in [-0.05, 0) is 47.7 Å². The Balaban J connectivity index is 0.00000162. The Morgan fingerprint density at radius 1 is 1.67 bits per heavy atom. The third-order valence-corrected chi connectivity index (χ3v) is 4.48. The number of halogens is 1. The standard InChI is InChI=1S/C13H20N2OS.ClH/c1-10(11-3-6-17-7-11)12(16)15-5-4-13(2,8-14)9-15;/h3,6-7,10H,4-5,8-9,14H2,1-2H3;1H. The molecule has 2 N–H and O–H groups in total. The van der Waals surface area contributed by atoms with Crippen molar-refractivity contribution in [3.05, 3.63) is 22.4 Å². The highest BCUT2D eigenvalue weighted by molar-refractivity contribution is 7.08. The van der Waals surface area contributed by atoms with Crippen molar-refractivity contribution in [3.63, 3.8) is 0 Å². The SMILES string of the molecule is CC(C(=O)N1CCC(C)(CN)C1)c1ccsc1.Cl. The fourth-order valence-electron chi connectivity index (χ4n) is 2.32. The van der Waals surface area contributed by atoms with Crippen LogP contribution >= 0.6 is 23.7 Å². The van der Waals surface area contributed by atoms with Crippen LogP contribution in [0.3, 0.4) is 0 Å². The van der Waals surface area contributed by atoms with Crippen LogP contribution in [-0.4, -0.2) is 30.4 Å². The summed E-state index contributed by atoms with van der Waals surface area (Å²) in [6.07, 6.45) is 1.02. The smallest absolute Gasteiger partial charge is 0.229 e. The lowest BCUT2D eigenvalue weighted by atomic mass is 9.90. The lowest BCUT2D eigenvalue weighted by Crippen LogP contribution is -2.36. The van der Waals surface area contributed by atoms with Crippen molar-refractivity contribution in [2.75, 3.05) is 19.6 Å². The summed E-state index contributed by atoms with van der Waals surface area (Å²) in [5, 5.41) is 4.08. The highest BCUT2D eigenvalue weighted by Gasteiger charge is 2.36. The van der Waals surface area contributed by atoms with Gasteiger partial charge in [-0.2, -0.15) is 11.3 Å². The van der Waals surface area contributed by atoms with Gasteiger partial charge in [0.15, 0.2) is 0 Å². The molecule has 0 radical (unpaired) electrons. The molecule has 0 bridgehead atoms. The highest BCUT2D eigenvalue weighted by atomic mass is 35.5. The second kappa shape index (κ2) is 6.04. The second-order valence-electron chi connectivity index (χ2n) is 5.30. The molecule has 0 spiro atoms.